The third kappa shape index (κ3) is 4.88. The average molecular weight is 468 g/mol. The summed E-state index contributed by atoms with van der Waals surface area (Å²) in [7, 11) is 1.54. The van der Waals surface area contributed by atoms with Gasteiger partial charge in [0.2, 0.25) is 0 Å². The zero-order valence-electron chi connectivity index (χ0n) is 17.9. The Bertz CT molecular complexity index is 1180. The molecule has 0 saturated heterocycles. The highest BCUT2D eigenvalue weighted by molar-refractivity contribution is 6.30. The van der Waals surface area contributed by atoms with E-state index in [2.05, 4.69) is 0 Å². The number of halogens is 1. The topological polar surface area (TPSA) is 85.3 Å². The van der Waals surface area contributed by atoms with Crippen LogP contribution in [0.4, 0.5) is 0 Å². The molecule has 0 aliphatic carbocycles. The maximum Gasteiger partial charge on any atom is 0.341 e. The van der Waals surface area contributed by atoms with E-state index in [-0.39, 0.29) is 12.5 Å². The third-order valence-electron chi connectivity index (χ3n) is 5.36. The number of carbonyl (C=O) groups is 2. The highest BCUT2D eigenvalue weighted by Gasteiger charge is 2.36. The Kier molecular flexibility index (Phi) is 6.70. The number of fused-ring (bicyclic) bond motifs is 1. The summed E-state index contributed by atoms with van der Waals surface area (Å²) < 4.78 is 16.6. The zero-order valence-corrected chi connectivity index (χ0v) is 18.6. The molecule has 8 heteroatoms. The van der Waals surface area contributed by atoms with Crippen LogP contribution in [0.3, 0.4) is 0 Å². The third-order valence-corrected chi connectivity index (χ3v) is 5.60. The minimum atomic E-state index is -1.10. The fourth-order valence-electron chi connectivity index (χ4n) is 3.92. The molecule has 1 N–H and O–H groups in total. The maximum atomic E-state index is 13.3. The highest BCUT2D eigenvalue weighted by Crippen LogP contribution is 2.43. The Morgan fingerprint density at radius 1 is 0.939 bits per heavy atom. The van der Waals surface area contributed by atoms with E-state index in [4.69, 9.17) is 30.9 Å². The van der Waals surface area contributed by atoms with Crippen LogP contribution in [0.1, 0.15) is 22.7 Å². The summed E-state index contributed by atoms with van der Waals surface area (Å²) >= 11 is 6.27. The molecule has 4 rings (SSSR count). The quantitative estimate of drug-likeness (QED) is 0.531. The van der Waals surface area contributed by atoms with Gasteiger partial charge in [-0.2, -0.15) is 0 Å². The Labute approximate surface area is 196 Å². The van der Waals surface area contributed by atoms with E-state index in [1.54, 1.807) is 41.3 Å². The van der Waals surface area contributed by atoms with Gasteiger partial charge in [-0.3, -0.25) is 4.79 Å². The summed E-state index contributed by atoms with van der Waals surface area (Å²) in [6.45, 7) is -0.329. The van der Waals surface area contributed by atoms with E-state index >= 15 is 0 Å². The number of carboxylic acid groups (broad SMARTS) is 1. The lowest BCUT2D eigenvalue weighted by atomic mass is 9.97. The van der Waals surface area contributed by atoms with Crippen molar-refractivity contribution < 1.29 is 28.9 Å². The predicted octanol–water partition coefficient (Wildman–Crippen LogP) is 4.32. The first-order chi connectivity index (χ1) is 16.0. The Balaban J connectivity index is 1.66. The Morgan fingerprint density at radius 2 is 1.64 bits per heavy atom. The number of hydrogen-bond acceptors (Lipinski definition) is 5. The Hall–Kier alpha value is -3.71. The number of carboxylic acids is 1. The number of rotatable bonds is 8. The number of amides is 1. The van der Waals surface area contributed by atoms with Gasteiger partial charge in [-0.25, -0.2) is 4.79 Å². The summed E-state index contributed by atoms with van der Waals surface area (Å²) in [6, 6.07) is 19.3. The molecule has 170 valence electrons. The molecule has 3 aromatic rings. The smallest absolute Gasteiger partial charge is 0.341 e. The van der Waals surface area contributed by atoms with Gasteiger partial charge < -0.3 is 24.2 Å². The van der Waals surface area contributed by atoms with Crippen molar-refractivity contribution in [1.29, 1.82) is 0 Å². The predicted molar refractivity (Wildman–Crippen MR) is 122 cm³/mol. The van der Waals surface area contributed by atoms with E-state index in [0.29, 0.717) is 34.4 Å². The zero-order chi connectivity index (χ0) is 23.4. The van der Waals surface area contributed by atoms with E-state index < -0.39 is 18.6 Å². The van der Waals surface area contributed by atoms with Crippen LogP contribution < -0.4 is 14.2 Å². The summed E-state index contributed by atoms with van der Waals surface area (Å²) in [4.78, 5) is 26.1. The van der Waals surface area contributed by atoms with Crippen molar-refractivity contribution in [1.82, 2.24) is 4.90 Å². The molecule has 1 unspecified atom stereocenters. The molecule has 7 nitrogen and oxygen atoms in total. The monoisotopic (exact) mass is 467 g/mol. The van der Waals surface area contributed by atoms with Gasteiger partial charge in [0.15, 0.2) is 24.7 Å². The van der Waals surface area contributed by atoms with Crippen LogP contribution in [0.5, 0.6) is 17.2 Å². The second kappa shape index (κ2) is 9.83. The van der Waals surface area contributed by atoms with Gasteiger partial charge in [0, 0.05) is 17.1 Å². The van der Waals surface area contributed by atoms with E-state index in [1.165, 1.54) is 7.11 Å². The summed E-state index contributed by atoms with van der Waals surface area (Å²) in [5.41, 5.74) is 2.52. The van der Waals surface area contributed by atoms with Crippen molar-refractivity contribution in [3.63, 3.8) is 0 Å². The molecular weight excluding hydrogens is 446 g/mol. The normalized spacial score (nSPS) is 14.5. The van der Waals surface area contributed by atoms with Crippen LogP contribution in [0.25, 0.3) is 0 Å². The van der Waals surface area contributed by atoms with Crippen LogP contribution in [-0.2, 0) is 16.1 Å². The number of carbonyl (C=O) groups excluding carboxylic acids is 1. The number of nitrogens with zero attached hydrogens (tertiary/aromatic N) is 1. The molecule has 0 bridgehead atoms. The van der Waals surface area contributed by atoms with Gasteiger partial charge in [0.1, 0.15) is 5.75 Å². The SMILES string of the molecule is COc1ccccc1OCC(=O)N1Cc2ccccc2C1c1cc(Cl)ccc1OCC(=O)O. The fourth-order valence-corrected chi connectivity index (χ4v) is 4.10. The molecule has 33 heavy (non-hydrogen) atoms. The van der Waals surface area contributed by atoms with Crippen LogP contribution >= 0.6 is 11.6 Å². The van der Waals surface area contributed by atoms with Crippen molar-refractivity contribution in [2.75, 3.05) is 20.3 Å². The van der Waals surface area contributed by atoms with E-state index in [1.807, 2.05) is 30.3 Å². The van der Waals surface area contributed by atoms with Crippen molar-refractivity contribution in [3.05, 3.63) is 88.4 Å². The number of ether oxygens (including phenoxy) is 3. The van der Waals surface area contributed by atoms with Gasteiger partial charge in [-0.1, -0.05) is 48.0 Å². The van der Waals surface area contributed by atoms with Crippen LogP contribution in [-0.4, -0.2) is 42.2 Å². The molecule has 0 spiro atoms. The average Bonchev–Trinajstić information content (AvgIpc) is 3.21. The number of hydrogen-bond donors (Lipinski definition) is 1. The molecule has 1 amide bonds. The lowest BCUT2D eigenvalue weighted by Gasteiger charge is -2.27. The molecular formula is C25H22ClNO6. The van der Waals surface area contributed by atoms with Crippen molar-refractivity contribution in [3.8, 4) is 17.2 Å². The van der Waals surface area contributed by atoms with Crippen LogP contribution in [0, 0.1) is 0 Å². The van der Waals surface area contributed by atoms with Gasteiger partial charge >= 0.3 is 5.97 Å². The second-order valence-electron chi connectivity index (χ2n) is 7.43. The lowest BCUT2D eigenvalue weighted by molar-refractivity contribution is -0.139. The molecule has 3 aromatic carbocycles. The second-order valence-corrected chi connectivity index (χ2v) is 7.86. The lowest BCUT2D eigenvalue weighted by Crippen LogP contribution is -2.34. The molecule has 1 heterocycles. The van der Waals surface area contributed by atoms with Crippen molar-refractivity contribution in [2.24, 2.45) is 0 Å². The summed E-state index contributed by atoms with van der Waals surface area (Å²) in [6.07, 6.45) is 0. The van der Waals surface area contributed by atoms with Crippen LogP contribution in [0.2, 0.25) is 5.02 Å². The van der Waals surface area contributed by atoms with Gasteiger partial charge in [-0.15, -0.1) is 0 Å². The summed E-state index contributed by atoms with van der Waals surface area (Å²) in [5, 5.41) is 9.52. The molecule has 0 fully saturated rings. The summed E-state index contributed by atoms with van der Waals surface area (Å²) in [5.74, 6) is 0.0136. The first-order valence-electron chi connectivity index (χ1n) is 10.2. The molecule has 0 saturated carbocycles. The minimum absolute atomic E-state index is 0.198. The standard InChI is InChI=1S/C25H22ClNO6/c1-31-21-8-4-5-9-22(21)32-14-23(28)27-13-16-6-2-3-7-18(16)25(27)19-12-17(26)10-11-20(19)33-15-24(29)30/h2-12,25H,13-15H2,1H3,(H,29,30). The number of methoxy groups -OCH3 is 1. The molecule has 0 aromatic heterocycles. The molecule has 1 atom stereocenters. The van der Waals surface area contributed by atoms with Gasteiger partial charge in [0.25, 0.3) is 5.91 Å². The number of benzene rings is 3. The highest BCUT2D eigenvalue weighted by atomic mass is 35.5. The van der Waals surface area contributed by atoms with E-state index in [9.17, 15) is 9.59 Å². The fraction of sp³-hybridized carbons (Fsp3) is 0.200. The minimum Gasteiger partial charge on any atom is -0.493 e. The van der Waals surface area contributed by atoms with Crippen molar-refractivity contribution in [2.45, 2.75) is 12.6 Å². The number of aliphatic carboxylic acids is 1. The van der Waals surface area contributed by atoms with Crippen LogP contribution in [0.15, 0.2) is 66.7 Å². The van der Waals surface area contributed by atoms with Gasteiger partial charge in [0.05, 0.1) is 13.2 Å². The first-order valence-corrected chi connectivity index (χ1v) is 10.6. The molecule has 0 radical (unpaired) electrons. The van der Waals surface area contributed by atoms with Gasteiger partial charge in [-0.05, 0) is 41.5 Å². The Morgan fingerprint density at radius 3 is 2.39 bits per heavy atom. The van der Waals surface area contributed by atoms with Crippen molar-refractivity contribution >= 4 is 23.5 Å². The van der Waals surface area contributed by atoms with E-state index in [0.717, 1.165) is 11.1 Å². The number of para-hydroxylation sites is 2. The maximum absolute atomic E-state index is 13.3. The molecule has 1 aliphatic heterocycles. The largest absolute Gasteiger partial charge is 0.493 e. The molecule has 1 aliphatic rings. The first kappa shape index (κ1) is 22.5.